The lowest BCUT2D eigenvalue weighted by molar-refractivity contribution is 0.670. The first-order chi connectivity index (χ1) is 27.8. The molecule has 3 heterocycles. The van der Waals surface area contributed by atoms with Crippen molar-refractivity contribution in [3.8, 4) is 27.9 Å². The Hall–Kier alpha value is -7.50. The molecule has 1 aliphatic heterocycles. The summed E-state index contributed by atoms with van der Waals surface area (Å²) in [4.78, 5) is 10.6. The number of benzene rings is 8. The minimum Gasteiger partial charge on any atom is -0.455 e. The van der Waals surface area contributed by atoms with Gasteiger partial charge in [-0.2, -0.15) is 0 Å². The van der Waals surface area contributed by atoms with E-state index in [0.29, 0.717) is 5.84 Å². The fourth-order valence-corrected chi connectivity index (χ4v) is 8.23. The summed E-state index contributed by atoms with van der Waals surface area (Å²) in [6.45, 7) is 0. The van der Waals surface area contributed by atoms with Crippen LogP contribution in [-0.4, -0.2) is 16.2 Å². The van der Waals surface area contributed by atoms with Crippen LogP contribution in [0.1, 0.15) is 22.9 Å². The normalized spacial score (nSPS) is 14.2. The number of nitrogens with one attached hydrogen (secondary N) is 1. The number of aromatic nitrogens is 1. The van der Waals surface area contributed by atoms with Crippen molar-refractivity contribution in [1.29, 1.82) is 0 Å². The van der Waals surface area contributed by atoms with Crippen molar-refractivity contribution in [2.75, 3.05) is 0 Å². The van der Waals surface area contributed by atoms with Gasteiger partial charge in [-0.05, 0) is 58.7 Å². The second-order valence-corrected chi connectivity index (χ2v) is 14.2. The van der Waals surface area contributed by atoms with Gasteiger partial charge in [-0.15, -0.1) is 0 Å². The monoisotopic (exact) mass is 718 g/mol. The van der Waals surface area contributed by atoms with Crippen LogP contribution in [0.25, 0.3) is 71.7 Å². The molecule has 1 unspecified atom stereocenters. The summed E-state index contributed by atoms with van der Waals surface area (Å²) in [5.74, 6) is 1.45. The molecule has 0 bridgehead atoms. The zero-order valence-electron chi connectivity index (χ0n) is 30.3. The maximum atomic E-state index is 6.50. The van der Waals surface area contributed by atoms with Gasteiger partial charge >= 0.3 is 0 Å². The van der Waals surface area contributed by atoms with E-state index >= 15 is 0 Å². The van der Waals surface area contributed by atoms with Crippen LogP contribution >= 0.6 is 0 Å². The van der Waals surface area contributed by atoms with E-state index in [1.54, 1.807) is 0 Å². The van der Waals surface area contributed by atoms with Gasteiger partial charge in [0.15, 0.2) is 5.84 Å². The van der Waals surface area contributed by atoms with Crippen LogP contribution < -0.4 is 5.32 Å². The van der Waals surface area contributed by atoms with Gasteiger partial charge < -0.3 is 14.3 Å². The van der Waals surface area contributed by atoms with E-state index in [1.165, 1.54) is 10.8 Å². The maximum absolute atomic E-state index is 6.50. The lowest BCUT2D eigenvalue weighted by Gasteiger charge is -2.25. The van der Waals surface area contributed by atoms with Crippen LogP contribution in [0.5, 0.6) is 0 Å². The second-order valence-electron chi connectivity index (χ2n) is 14.2. The third-order valence-corrected chi connectivity index (χ3v) is 10.9. The number of amidine groups is 2. The highest BCUT2D eigenvalue weighted by Gasteiger charge is 2.24. The number of aliphatic imine (C=N–C) groups is 2. The Labute approximate surface area is 323 Å². The molecular weight excluding hydrogens is 685 g/mol. The zero-order chi connectivity index (χ0) is 37.0. The van der Waals surface area contributed by atoms with Gasteiger partial charge in [0.05, 0.1) is 16.7 Å². The minimum atomic E-state index is -0.332. The lowest BCUT2D eigenvalue weighted by atomic mass is 10.0. The molecule has 56 heavy (non-hydrogen) atoms. The molecular formula is C51H34N4O. The predicted octanol–water partition coefficient (Wildman–Crippen LogP) is 12.5. The van der Waals surface area contributed by atoms with Crippen molar-refractivity contribution in [1.82, 2.24) is 9.88 Å². The van der Waals surface area contributed by atoms with E-state index in [-0.39, 0.29) is 6.17 Å². The van der Waals surface area contributed by atoms with Gasteiger partial charge in [-0.1, -0.05) is 158 Å². The summed E-state index contributed by atoms with van der Waals surface area (Å²) in [6, 6.07) is 68.0. The number of rotatable bonds is 6. The van der Waals surface area contributed by atoms with Crippen LogP contribution in [-0.2, 0) is 0 Å². The van der Waals surface area contributed by atoms with Crippen molar-refractivity contribution in [3.05, 3.63) is 211 Å². The van der Waals surface area contributed by atoms with Gasteiger partial charge in [0.25, 0.3) is 0 Å². The smallest absolute Gasteiger partial charge is 0.161 e. The highest BCUT2D eigenvalue weighted by molar-refractivity contribution is 6.17. The number of fused-ring (bicyclic) bond motifs is 6. The van der Waals surface area contributed by atoms with Crippen molar-refractivity contribution in [2.45, 2.75) is 6.17 Å². The van der Waals surface area contributed by atoms with Gasteiger partial charge in [-0.25, -0.2) is 9.98 Å². The largest absolute Gasteiger partial charge is 0.455 e. The molecule has 5 heteroatoms. The molecule has 0 radical (unpaired) electrons. The number of hydrogen-bond acceptors (Lipinski definition) is 4. The van der Waals surface area contributed by atoms with Crippen LogP contribution in [0, 0.1) is 0 Å². The van der Waals surface area contributed by atoms with Gasteiger partial charge in [-0.3, -0.25) is 0 Å². The molecule has 0 amide bonds. The molecule has 264 valence electrons. The molecule has 11 rings (SSSR count). The highest BCUT2D eigenvalue weighted by atomic mass is 16.3. The Morgan fingerprint density at radius 3 is 2.02 bits per heavy atom. The quantitative estimate of drug-likeness (QED) is 0.186. The van der Waals surface area contributed by atoms with Crippen LogP contribution in [0.4, 0.5) is 0 Å². The average molecular weight is 719 g/mol. The number of para-hydroxylation sites is 4. The Balaban J connectivity index is 1.11. The molecule has 0 saturated heterocycles. The third-order valence-electron chi connectivity index (χ3n) is 10.9. The highest BCUT2D eigenvalue weighted by Crippen LogP contribution is 2.40. The van der Waals surface area contributed by atoms with Gasteiger partial charge in [0.1, 0.15) is 23.2 Å². The van der Waals surface area contributed by atoms with Gasteiger partial charge in [0.2, 0.25) is 0 Å². The first kappa shape index (κ1) is 32.0. The minimum absolute atomic E-state index is 0.332. The Bertz CT molecular complexity index is 3170. The third kappa shape index (κ3) is 5.32. The van der Waals surface area contributed by atoms with Crippen molar-refractivity contribution < 1.29 is 4.42 Å². The number of furan rings is 1. The molecule has 1 atom stereocenters. The molecule has 0 fully saturated rings. The molecule has 8 aromatic carbocycles. The van der Waals surface area contributed by atoms with Crippen LogP contribution in [0.2, 0.25) is 0 Å². The van der Waals surface area contributed by atoms with Gasteiger partial charge in [0, 0.05) is 38.2 Å². The van der Waals surface area contributed by atoms with E-state index in [2.05, 4.69) is 180 Å². The standard InChI is InChI=1S/C51H34N4O/c1-3-15-33(16-4-1)35-19-13-20-37(31-35)50-52-49(34-17-5-2-6-18-34)53-51(54-50)43-23-8-11-27-45(43)55-44-26-10-7-21-39(44)40-30-29-36(32-46(40)55)38-24-14-25-42-41-22-9-12-28-47(41)56-48(38)42/h1-32,49H,(H,52,53,54). The second kappa shape index (κ2) is 13.1. The van der Waals surface area contributed by atoms with Crippen molar-refractivity contribution in [3.63, 3.8) is 0 Å². The average Bonchev–Trinajstić information content (AvgIpc) is 3.82. The molecule has 0 aliphatic carbocycles. The SMILES string of the molecule is c1ccc(-c2cccc(C3=NC(c4ccccc4-n4c5ccccc5c5ccc(-c6cccc7c6oc6ccccc67)cc54)=NC(c4ccccc4)N3)c2)cc1. The van der Waals surface area contributed by atoms with Crippen LogP contribution in [0.15, 0.2) is 209 Å². The molecule has 1 N–H and O–H groups in total. The molecule has 5 nitrogen and oxygen atoms in total. The summed E-state index contributed by atoms with van der Waals surface area (Å²) in [5, 5.41) is 8.27. The Morgan fingerprint density at radius 2 is 1.12 bits per heavy atom. The van der Waals surface area contributed by atoms with E-state index in [1.807, 2.05) is 24.3 Å². The molecule has 10 aromatic rings. The summed E-state index contributed by atoms with van der Waals surface area (Å²) < 4.78 is 8.88. The van der Waals surface area contributed by atoms with E-state index < -0.39 is 0 Å². The fourth-order valence-electron chi connectivity index (χ4n) is 8.23. The van der Waals surface area contributed by atoms with Crippen LogP contribution in [0.3, 0.4) is 0 Å². The predicted molar refractivity (Wildman–Crippen MR) is 231 cm³/mol. The van der Waals surface area contributed by atoms with E-state index in [9.17, 15) is 0 Å². The van der Waals surface area contributed by atoms with E-state index in [0.717, 1.165) is 83.4 Å². The summed E-state index contributed by atoms with van der Waals surface area (Å²) in [5.41, 5.74) is 12.4. The maximum Gasteiger partial charge on any atom is 0.161 e. The summed E-state index contributed by atoms with van der Waals surface area (Å²) >= 11 is 0. The number of nitrogens with zero attached hydrogens (tertiary/aromatic N) is 3. The lowest BCUT2D eigenvalue weighted by Crippen LogP contribution is -2.33. The molecule has 1 aliphatic rings. The summed E-state index contributed by atoms with van der Waals surface area (Å²) in [6.07, 6.45) is -0.332. The topological polar surface area (TPSA) is 54.8 Å². The molecule has 0 spiro atoms. The first-order valence-corrected chi connectivity index (χ1v) is 18.9. The first-order valence-electron chi connectivity index (χ1n) is 18.9. The number of hydrogen-bond donors (Lipinski definition) is 1. The van der Waals surface area contributed by atoms with Crippen molar-refractivity contribution >= 4 is 55.4 Å². The van der Waals surface area contributed by atoms with Crippen molar-refractivity contribution in [2.24, 2.45) is 9.98 Å². The molecule has 0 saturated carbocycles. The summed E-state index contributed by atoms with van der Waals surface area (Å²) in [7, 11) is 0. The van der Waals surface area contributed by atoms with E-state index in [4.69, 9.17) is 14.4 Å². The fraction of sp³-hybridized carbons (Fsp3) is 0.0196. The molecule has 2 aromatic heterocycles. The Kier molecular flexibility index (Phi) is 7.49. The zero-order valence-corrected chi connectivity index (χ0v) is 30.3. The Morgan fingerprint density at radius 1 is 0.464 bits per heavy atom.